The van der Waals surface area contributed by atoms with Gasteiger partial charge in [-0.3, -0.25) is 4.79 Å². The van der Waals surface area contributed by atoms with Crippen LogP contribution in [0.4, 0.5) is 5.69 Å². The number of fused-ring (bicyclic) bond motifs is 1. The van der Waals surface area contributed by atoms with E-state index in [2.05, 4.69) is 25.1 Å². The third-order valence-electron chi connectivity index (χ3n) is 4.78. The van der Waals surface area contributed by atoms with E-state index < -0.39 is 5.41 Å². The van der Waals surface area contributed by atoms with E-state index in [1.807, 2.05) is 45.2 Å². The van der Waals surface area contributed by atoms with Crippen LogP contribution in [-0.4, -0.2) is 13.0 Å². The molecule has 0 aliphatic carbocycles. The first kappa shape index (κ1) is 14.8. The summed E-state index contributed by atoms with van der Waals surface area (Å²) in [6.45, 7) is 6.02. The topological polar surface area (TPSA) is 46.3 Å². The predicted octanol–water partition coefficient (Wildman–Crippen LogP) is 3.30. The molecule has 1 heterocycles. The van der Waals surface area contributed by atoms with Crippen molar-refractivity contribution in [3.63, 3.8) is 0 Å². The van der Waals surface area contributed by atoms with Gasteiger partial charge in [0.2, 0.25) is 5.91 Å². The Hall–Kier alpha value is -2.13. The number of carbonyl (C=O) groups is 1. The number of aryl methyl sites for hydroxylation is 1. The molecule has 3 rings (SSSR count). The Balaban J connectivity index is 2.08. The van der Waals surface area contributed by atoms with Gasteiger partial charge in [-0.2, -0.15) is 0 Å². The summed E-state index contributed by atoms with van der Waals surface area (Å²) in [6.07, 6.45) is 0. The number of likely N-dealkylation sites (N-methyl/N-ethyl adjacent to an activating group) is 1. The molecule has 1 aliphatic heterocycles. The molecule has 0 fully saturated rings. The summed E-state index contributed by atoms with van der Waals surface area (Å²) in [5.41, 5.74) is 11.4. The summed E-state index contributed by atoms with van der Waals surface area (Å²) in [4.78, 5) is 14.1. The Labute approximate surface area is 131 Å². The Morgan fingerprint density at radius 3 is 2.50 bits per heavy atom. The molecule has 0 saturated carbocycles. The molecule has 0 spiro atoms. The van der Waals surface area contributed by atoms with Gasteiger partial charge < -0.3 is 10.6 Å². The maximum atomic E-state index is 12.4. The van der Waals surface area contributed by atoms with Gasteiger partial charge in [-0.1, -0.05) is 36.4 Å². The fourth-order valence-corrected chi connectivity index (χ4v) is 3.30. The molecule has 1 atom stereocenters. The largest absolute Gasteiger partial charge is 0.320 e. The number of amides is 1. The molecule has 1 unspecified atom stereocenters. The van der Waals surface area contributed by atoms with E-state index >= 15 is 0 Å². The number of anilines is 1. The maximum absolute atomic E-state index is 12.4. The number of rotatable bonds is 2. The maximum Gasteiger partial charge on any atom is 0.236 e. The van der Waals surface area contributed by atoms with Gasteiger partial charge in [-0.05, 0) is 49.1 Å². The molecule has 3 heteroatoms. The van der Waals surface area contributed by atoms with Crippen LogP contribution in [-0.2, 0) is 10.2 Å². The summed E-state index contributed by atoms with van der Waals surface area (Å²) in [7, 11) is 1.83. The molecule has 2 aromatic carbocycles. The highest BCUT2D eigenvalue weighted by Crippen LogP contribution is 2.42. The molecule has 1 amide bonds. The van der Waals surface area contributed by atoms with E-state index in [0.29, 0.717) is 0 Å². The Kier molecular flexibility index (Phi) is 3.33. The van der Waals surface area contributed by atoms with Crippen LogP contribution in [0, 0.1) is 6.92 Å². The van der Waals surface area contributed by atoms with Crippen LogP contribution in [0.15, 0.2) is 42.5 Å². The van der Waals surface area contributed by atoms with Crippen LogP contribution in [0.25, 0.3) is 0 Å². The Bertz CT molecular complexity index is 749. The van der Waals surface area contributed by atoms with Gasteiger partial charge in [-0.15, -0.1) is 0 Å². The fraction of sp³-hybridized carbons (Fsp3) is 0.316. The minimum atomic E-state index is -0.494. The number of carbonyl (C=O) groups excluding carboxylic acids is 1. The lowest BCUT2D eigenvalue weighted by Gasteiger charge is -2.19. The van der Waals surface area contributed by atoms with Crippen LogP contribution in [0.2, 0.25) is 0 Å². The average Bonchev–Trinajstić information content (AvgIpc) is 2.68. The molecule has 2 N–H and O–H groups in total. The average molecular weight is 294 g/mol. The zero-order valence-corrected chi connectivity index (χ0v) is 13.6. The van der Waals surface area contributed by atoms with E-state index in [-0.39, 0.29) is 11.9 Å². The highest BCUT2D eigenvalue weighted by atomic mass is 16.2. The van der Waals surface area contributed by atoms with Crippen molar-refractivity contribution in [2.45, 2.75) is 32.2 Å². The molecule has 1 aliphatic rings. The molecular weight excluding hydrogens is 272 g/mol. The summed E-state index contributed by atoms with van der Waals surface area (Å²) < 4.78 is 0. The first-order valence-corrected chi connectivity index (χ1v) is 7.57. The highest BCUT2D eigenvalue weighted by molar-refractivity contribution is 6.07. The fourth-order valence-electron chi connectivity index (χ4n) is 3.30. The van der Waals surface area contributed by atoms with Crippen LogP contribution in [0.3, 0.4) is 0 Å². The monoisotopic (exact) mass is 294 g/mol. The molecule has 0 bridgehead atoms. The quantitative estimate of drug-likeness (QED) is 0.923. The zero-order valence-electron chi connectivity index (χ0n) is 13.6. The molecule has 0 saturated heterocycles. The standard InChI is InChI=1S/C19H22N2O/c1-12-7-5-6-8-14(12)17(20)13-9-10-16-15(11-13)19(2,3)18(22)21(16)4/h5-11,17H,20H2,1-4H3. The molecule has 22 heavy (non-hydrogen) atoms. The van der Waals surface area contributed by atoms with E-state index in [9.17, 15) is 4.79 Å². The molecule has 0 radical (unpaired) electrons. The Morgan fingerprint density at radius 1 is 1.14 bits per heavy atom. The van der Waals surface area contributed by atoms with Crippen molar-refractivity contribution in [3.8, 4) is 0 Å². The first-order chi connectivity index (χ1) is 10.3. The molecule has 114 valence electrons. The lowest BCUT2D eigenvalue weighted by molar-refractivity contribution is -0.121. The summed E-state index contributed by atoms with van der Waals surface area (Å²) in [5, 5.41) is 0. The zero-order chi connectivity index (χ0) is 16.1. The van der Waals surface area contributed by atoms with Crippen LogP contribution >= 0.6 is 0 Å². The summed E-state index contributed by atoms with van der Waals surface area (Å²) in [6, 6.07) is 14.1. The summed E-state index contributed by atoms with van der Waals surface area (Å²) >= 11 is 0. The lowest BCUT2D eigenvalue weighted by Crippen LogP contribution is -2.33. The van der Waals surface area contributed by atoms with E-state index in [1.165, 1.54) is 5.56 Å². The predicted molar refractivity (Wildman–Crippen MR) is 90.1 cm³/mol. The second-order valence-electron chi connectivity index (χ2n) is 6.60. The van der Waals surface area contributed by atoms with Crippen molar-refractivity contribution in [2.75, 3.05) is 11.9 Å². The van der Waals surface area contributed by atoms with Crippen molar-refractivity contribution < 1.29 is 4.79 Å². The Morgan fingerprint density at radius 2 is 1.82 bits per heavy atom. The third kappa shape index (κ3) is 2.04. The minimum absolute atomic E-state index is 0.129. The van der Waals surface area contributed by atoms with Crippen molar-refractivity contribution in [1.82, 2.24) is 0 Å². The van der Waals surface area contributed by atoms with Gasteiger partial charge in [0.25, 0.3) is 0 Å². The number of nitrogens with two attached hydrogens (primary N) is 1. The van der Waals surface area contributed by atoms with E-state index in [4.69, 9.17) is 5.73 Å². The second kappa shape index (κ2) is 4.96. The number of benzene rings is 2. The van der Waals surface area contributed by atoms with Crippen LogP contribution in [0.1, 0.15) is 42.1 Å². The van der Waals surface area contributed by atoms with Gasteiger partial charge in [-0.25, -0.2) is 0 Å². The van der Waals surface area contributed by atoms with Crippen LogP contribution in [0.5, 0.6) is 0 Å². The normalized spacial score (nSPS) is 17.5. The van der Waals surface area contributed by atoms with Gasteiger partial charge in [0.1, 0.15) is 0 Å². The molecule has 2 aromatic rings. The third-order valence-corrected chi connectivity index (χ3v) is 4.78. The number of hydrogen-bond acceptors (Lipinski definition) is 2. The van der Waals surface area contributed by atoms with Gasteiger partial charge in [0, 0.05) is 12.7 Å². The lowest BCUT2D eigenvalue weighted by atomic mass is 9.84. The first-order valence-electron chi connectivity index (χ1n) is 7.57. The molecular formula is C19H22N2O. The van der Waals surface area contributed by atoms with E-state index in [1.54, 1.807) is 4.90 Å². The summed E-state index contributed by atoms with van der Waals surface area (Å²) in [5.74, 6) is 0.129. The SMILES string of the molecule is Cc1ccccc1C(N)c1ccc2c(c1)C(C)(C)C(=O)N2C. The highest BCUT2D eigenvalue weighted by Gasteiger charge is 2.42. The van der Waals surface area contributed by atoms with Crippen molar-refractivity contribution >= 4 is 11.6 Å². The van der Waals surface area contributed by atoms with Crippen molar-refractivity contribution in [1.29, 1.82) is 0 Å². The molecule has 0 aromatic heterocycles. The van der Waals surface area contributed by atoms with Crippen LogP contribution < -0.4 is 10.6 Å². The molecule has 3 nitrogen and oxygen atoms in total. The minimum Gasteiger partial charge on any atom is -0.320 e. The van der Waals surface area contributed by atoms with Gasteiger partial charge >= 0.3 is 0 Å². The number of hydrogen-bond donors (Lipinski definition) is 1. The smallest absolute Gasteiger partial charge is 0.236 e. The van der Waals surface area contributed by atoms with E-state index in [0.717, 1.165) is 22.4 Å². The van der Waals surface area contributed by atoms with Crippen molar-refractivity contribution in [2.24, 2.45) is 5.73 Å². The van der Waals surface area contributed by atoms with Crippen molar-refractivity contribution in [3.05, 3.63) is 64.7 Å². The second-order valence-corrected chi connectivity index (χ2v) is 6.60. The van der Waals surface area contributed by atoms with Gasteiger partial charge in [0.15, 0.2) is 0 Å². The number of nitrogens with zero attached hydrogens (tertiary/aromatic N) is 1. The van der Waals surface area contributed by atoms with Gasteiger partial charge in [0.05, 0.1) is 11.5 Å².